The Morgan fingerprint density at radius 1 is 1.42 bits per heavy atom. The number of carbonyl (C=O) groups is 1. The fourth-order valence-corrected chi connectivity index (χ4v) is 3.12. The predicted molar refractivity (Wildman–Crippen MR) is 80.0 cm³/mol. The number of piperidine rings is 1. The monoisotopic (exact) mass is 279 g/mol. The molecule has 2 rings (SSSR count). The van der Waals surface area contributed by atoms with E-state index in [1.807, 2.05) is 6.07 Å². The van der Waals surface area contributed by atoms with Gasteiger partial charge in [-0.15, -0.1) is 0 Å². The van der Waals surface area contributed by atoms with Gasteiger partial charge in [-0.05, 0) is 62.0 Å². The first-order chi connectivity index (χ1) is 9.11. The van der Waals surface area contributed by atoms with Crippen molar-refractivity contribution >= 4 is 17.9 Å². The lowest BCUT2D eigenvalue weighted by molar-refractivity contribution is -0.108. The Labute approximate surface area is 120 Å². The quantitative estimate of drug-likeness (QED) is 0.781. The molecule has 1 aliphatic heterocycles. The molecular formula is C16H22ClNO. The Kier molecular flexibility index (Phi) is 5.00. The summed E-state index contributed by atoms with van der Waals surface area (Å²) in [4.78, 5) is 12.9. The summed E-state index contributed by atoms with van der Waals surface area (Å²) >= 11 is 6.44. The standard InChI is InChI=1S/C16H22ClNO/c1-12(7-10-19)14-3-4-15(16(17)11-14)13-5-8-18(2)9-6-13/h3-4,10-13H,5-9H2,1-2H3. The zero-order valence-corrected chi connectivity index (χ0v) is 12.5. The zero-order chi connectivity index (χ0) is 13.8. The average molecular weight is 280 g/mol. The highest BCUT2D eigenvalue weighted by atomic mass is 35.5. The number of rotatable bonds is 4. The Morgan fingerprint density at radius 2 is 2.11 bits per heavy atom. The van der Waals surface area contributed by atoms with Crippen LogP contribution >= 0.6 is 11.6 Å². The van der Waals surface area contributed by atoms with E-state index >= 15 is 0 Å². The van der Waals surface area contributed by atoms with Crippen LogP contribution in [-0.2, 0) is 4.79 Å². The second-order valence-corrected chi connectivity index (χ2v) is 6.07. The van der Waals surface area contributed by atoms with E-state index in [0.29, 0.717) is 12.3 Å². The van der Waals surface area contributed by atoms with E-state index < -0.39 is 0 Å². The van der Waals surface area contributed by atoms with Crippen LogP contribution in [0.1, 0.15) is 49.1 Å². The third-order valence-electron chi connectivity index (χ3n) is 4.20. The first-order valence-electron chi connectivity index (χ1n) is 7.03. The van der Waals surface area contributed by atoms with Gasteiger partial charge in [-0.2, -0.15) is 0 Å². The zero-order valence-electron chi connectivity index (χ0n) is 11.7. The van der Waals surface area contributed by atoms with Crippen molar-refractivity contribution in [1.29, 1.82) is 0 Å². The van der Waals surface area contributed by atoms with Gasteiger partial charge in [0, 0.05) is 11.4 Å². The van der Waals surface area contributed by atoms with Gasteiger partial charge in [-0.1, -0.05) is 30.7 Å². The highest BCUT2D eigenvalue weighted by molar-refractivity contribution is 6.31. The third kappa shape index (κ3) is 3.58. The summed E-state index contributed by atoms with van der Waals surface area (Å²) in [6, 6.07) is 6.34. The molecule has 0 spiro atoms. The van der Waals surface area contributed by atoms with Gasteiger partial charge in [-0.3, -0.25) is 0 Å². The topological polar surface area (TPSA) is 20.3 Å². The molecule has 1 aromatic rings. The molecule has 104 valence electrons. The van der Waals surface area contributed by atoms with Crippen molar-refractivity contribution in [2.45, 2.75) is 38.0 Å². The third-order valence-corrected chi connectivity index (χ3v) is 4.53. The molecule has 1 atom stereocenters. The molecule has 19 heavy (non-hydrogen) atoms. The van der Waals surface area contributed by atoms with Gasteiger partial charge in [0.05, 0.1) is 0 Å². The Morgan fingerprint density at radius 3 is 2.68 bits per heavy atom. The van der Waals surface area contributed by atoms with Gasteiger partial charge in [-0.25, -0.2) is 0 Å². The van der Waals surface area contributed by atoms with Gasteiger partial charge in [0.2, 0.25) is 0 Å². The number of halogens is 1. The molecule has 0 bridgehead atoms. The summed E-state index contributed by atoms with van der Waals surface area (Å²) in [5.41, 5.74) is 2.44. The van der Waals surface area contributed by atoms with Gasteiger partial charge < -0.3 is 9.69 Å². The van der Waals surface area contributed by atoms with Crippen LogP contribution in [0.3, 0.4) is 0 Å². The van der Waals surface area contributed by atoms with E-state index in [2.05, 4.69) is 31.0 Å². The highest BCUT2D eigenvalue weighted by Gasteiger charge is 2.20. The second-order valence-electron chi connectivity index (χ2n) is 5.66. The second kappa shape index (κ2) is 6.53. The highest BCUT2D eigenvalue weighted by Crippen LogP contribution is 2.34. The molecular weight excluding hydrogens is 258 g/mol. The molecule has 1 aromatic carbocycles. The number of benzene rings is 1. The van der Waals surface area contributed by atoms with E-state index in [4.69, 9.17) is 11.6 Å². The van der Waals surface area contributed by atoms with Crippen LogP contribution in [0.15, 0.2) is 18.2 Å². The molecule has 0 N–H and O–H groups in total. The minimum atomic E-state index is 0.251. The molecule has 2 nitrogen and oxygen atoms in total. The first kappa shape index (κ1) is 14.5. The summed E-state index contributed by atoms with van der Waals surface area (Å²) < 4.78 is 0. The molecule has 0 saturated carbocycles. The molecule has 3 heteroatoms. The Bertz CT molecular complexity index is 438. The van der Waals surface area contributed by atoms with E-state index in [1.54, 1.807) is 0 Å². The number of likely N-dealkylation sites (tertiary alicyclic amines) is 1. The van der Waals surface area contributed by atoms with E-state index in [0.717, 1.165) is 30.0 Å². The van der Waals surface area contributed by atoms with Crippen LogP contribution in [-0.4, -0.2) is 31.3 Å². The van der Waals surface area contributed by atoms with E-state index in [9.17, 15) is 4.79 Å². The minimum absolute atomic E-state index is 0.251. The lowest BCUT2D eigenvalue weighted by Crippen LogP contribution is -2.29. The lowest BCUT2D eigenvalue weighted by atomic mass is 9.87. The summed E-state index contributed by atoms with van der Waals surface area (Å²) in [6.07, 6.45) is 3.90. The van der Waals surface area contributed by atoms with Gasteiger partial charge >= 0.3 is 0 Å². The van der Waals surface area contributed by atoms with Crippen molar-refractivity contribution in [2.75, 3.05) is 20.1 Å². The normalized spacial score (nSPS) is 19.3. The Balaban J connectivity index is 2.13. The lowest BCUT2D eigenvalue weighted by Gasteiger charge is -2.30. The molecule has 0 amide bonds. The summed E-state index contributed by atoms with van der Waals surface area (Å²) in [6.45, 7) is 4.35. The van der Waals surface area contributed by atoms with Crippen molar-refractivity contribution in [3.63, 3.8) is 0 Å². The Hall–Kier alpha value is -0.860. The molecule has 1 unspecified atom stereocenters. The maximum Gasteiger partial charge on any atom is 0.120 e. The average Bonchev–Trinajstić information content (AvgIpc) is 2.40. The minimum Gasteiger partial charge on any atom is -0.306 e. The largest absolute Gasteiger partial charge is 0.306 e. The van der Waals surface area contributed by atoms with Crippen molar-refractivity contribution in [2.24, 2.45) is 0 Å². The van der Waals surface area contributed by atoms with Gasteiger partial charge in [0.15, 0.2) is 0 Å². The van der Waals surface area contributed by atoms with Crippen LogP contribution in [0.2, 0.25) is 5.02 Å². The van der Waals surface area contributed by atoms with Crippen molar-refractivity contribution in [3.05, 3.63) is 34.3 Å². The predicted octanol–water partition coefficient (Wildman–Crippen LogP) is 3.84. The van der Waals surface area contributed by atoms with E-state index in [-0.39, 0.29) is 5.92 Å². The molecule has 1 saturated heterocycles. The molecule has 0 radical (unpaired) electrons. The first-order valence-corrected chi connectivity index (χ1v) is 7.41. The van der Waals surface area contributed by atoms with Crippen LogP contribution in [0.5, 0.6) is 0 Å². The van der Waals surface area contributed by atoms with Crippen LogP contribution in [0.25, 0.3) is 0 Å². The number of hydrogen-bond acceptors (Lipinski definition) is 2. The van der Waals surface area contributed by atoms with Gasteiger partial charge in [0.1, 0.15) is 6.29 Å². The summed E-state index contributed by atoms with van der Waals surface area (Å²) in [7, 11) is 2.17. The number of nitrogens with zero attached hydrogens (tertiary/aromatic N) is 1. The van der Waals surface area contributed by atoms with Crippen LogP contribution in [0.4, 0.5) is 0 Å². The summed E-state index contributed by atoms with van der Waals surface area (Å²) in [5, 5.41) is 0.866. The summed E-state index contributed by atoms with van der Waals surface area (Å²) in [5.74, 6) is 0.834. The van der Waals surface area contributed by atoms with Crippen LogP contribution < -0.4 is 0 Å². The molecule has 0 aromatic heterocycles. The molecule has 0 aliphatic carbocycles. The fourth-order valence-electron chi connectivity index (χ4n) is 2.78. The van der Waals surface area contributed by atoms with Gasteiger partial charge in [0.25, 0.3) is 0 Å². The smallest absolute Gasteiger partial charge is 0.120 e. The van der Waals surface area contributed by atoms with Crippen molar-refractivity contribution in [1.82, 2.24) is 4.90 Å². The fraction of sp³-hybridized carbons (Fsp3) is 0.562. The van der Waals surface area contributed by atoms with Crippen molar-refractivity contribution < 1.29 is 4.79 Å². The maximum absolute atomic E-state index is 10.6. The SMILES string of the molecule is CC(CC=O)c1ccc(C2CCN(C)CC2)c(Cl)c1. The molecule has 1 aliphatic rings. The molecule has 1 fully saturated rings. The van der Waals surface area contributed by atoms with Crippen molar-refractivity contribution in [3.8, 4) is 0 Å². The number of hydrogen-bond donors (Lipinski definition) is 0. The maximum atomic E-state index is 10.6. The van der Waals surface area contributed by atoms with E-state index in [1.165, 1.54) is 18.4 Å². The number of carbonyl (C=O) groups excluding carboxylic acids is 1. The number of aldehydes is 1. The van der Waals surface area contributed by atoms with Crippen LogP contribution in [0, 0.1) is 0 Å². The molecule has 1 heterocycles.